The Balaban J connectivity index is 2.81. The highest BCUT2D eigenvalue weighted by molar-refractivity contribution is 6.18. The van der Waals surface area contributed by atoms with Crippen LogP contribution in [0.5, 0.6) is 0 Å². The molecule has 1 aliphatic carbocycles. The lowest BCUT2D eigenvalue weighted by Crippen LogP contribution is -1.99. The molecule has 1 N–H and O–H groups in total. The lowest BCUT2D eigenvalue weighted by atomic mass is 10.1. The fraction of sp³-hybridized carbons (Fsp3) is 0.143. The first kappa shape index (κ1) is 6.74. The normalized spacial score (nSPS) is 15.7. The van der Waals surface area contributed by atoms with E-state index in [1.54, 1.807) is 31.4 Å². The van der Waals surface area contributed by atoms with Gasteiger partial charge in [-0.3, -0.25) is 4.99 Å². The first-order valence-electron chi connectivity index (χ1n) is 2.92. The molecule has 52 valence electrons. The van der Waals surface area contributed by atoms with Crippen LogP contribution in [0.25, 0.3) is 0 Å². The Hall–Kier alpha value is -1.38. The predicted molar refractivity (Wildman–Crippen MR) is 40.9 cm³/mol. The van der Waals surface area contributed by atoms with E-state index in [1.807, 2.05) is 0 Å². The Morgan fingerprint density at radius 1 is 1.10 bits per heavy atom. The molecule has 0 amide bonds. The van der Waals surface area contributed by atoms with Crippen molar-refractivity contribution < 1.29 is 5.21 Å². The number of nitrogens with zero attached hydrogens (tertiary/aromatic N) is 2. The van der Waals surface area contributed by atoms with Gasteiger partial charge in [-0.15, -0.1) is 0 Å². The van der Waals surface area contributed by atoms with Crippen molar-refractivity contribution in [2.24, 2.45) is 10.1 Å². The summed E-state index contributed by atoms with van der Waals surface area (Å²) in [5.41, 5.74) is 1.43. The van der Waals surface area contributed by atoms with Gasteiger partial charge in [0, 0.05) is 7.05 Å². The summed E-state index contributed by atoms with van der Waals surface area (Å²) >= 11 is 0. The van der Waals surface area contributed by atoms with E-state index >= 15 is 0 Å². The van der Waals surface area contributed by atoms with Crippen LogP contribution in [-0.4, -0.2) is 23.7 Å². The Kier molecular flexibility index (Phi) is 1.99. The van der Waals surface area contributed by atoms with Crippen molar-refractivity contribution in [1.29, 1.82) is 0 Å². The molecule has 0 saturated heterocycles. The van der Waals surface area contributed by atoms with Crippen LogP contribution in [-0.2, 0) is 0 Å². The monoisotopic (exact) mass is 136 g/mol. The highest BCUT2D eigenvalue weighted by Crippen LogP contribution is 1.95. The first-order valence-corrected chi connectivity index (χ1v) is 2.92. The van der Waals surface area contributed by atoms with Crippen molar-refractivity contribution in [2.45, 2.75) is 0 Å². The van der Waals surface area contributed by atoms with Crippen LogP contribution in [0.2, 0.25) is 0 Å². The average molecular weight is 136 g/mol. The first-order chi connectivity index (χ1) is 4.86. The van der Waals surface area contributed by atoms with Gasteiger partial charge < -0.3 is 5.21 Å². The van der Waals surface area contributed by atoms with Gasteiger partial charge in [-0.25, -0.2) is 0 Å². The molecule has 0 unspecified atom stereocenters. The zero-order valence-electron chi connectivity index (χ0n) is 5.65. The largest absolute Gasteiger partial charge is 0.410 e. The molecule has 0 fully saturated rings. The van der Waals surface area contributed by atoms with Crippen LogP contribution < -0.4 is 0 Å². The molecular weight excluding hydrogens is 128 g/mol. The summed E-state index contributed by atoms with van der Waals surface area (Å²) in [5, 5.41) is 11.3. The summed E-state index contributed by atoms with van der Waals surface area (Å²) in [4.78, 5) is 3.92. The molecule has 0 aromatic rings. The van der Waals surface area contributed by atoms with E-state index in [0.29, 0.717) is 5.71 Å². The van der Waals surface area contributed by atoms with Crippen LogP contribution >= 0.6 is 0 Å². The maximum absolute atomic E-state index is 8.30. The average Bonchev–Trinajstić information content (AvgIpc) is 2.05. The minimum absolute atomic E-state index is 0.549. The van der Waals surface area contributed by atoms with E-state index in [4.69, 9.17) is 5.21 Å². The topological polar surface area (TPSA) is 45.0 Å². The summed E-state index contributed by atoms with van der Waals surface area (Å²) in [5.74, 6) is 0. The van der Waals surface area contributed by atoms with Crippen molar-refractivity contribution in [2.75, 3.05) is 7.05 Å². The van der Waals surface area contributed by atoms with Crippen LogP contribution in [0.1, 0.15) is 0 Å². The number of hydrogen-bond acceptors (Lipinski definition) is 3. The standard InChI is InChI=1S/C7H8N2O/c1-8-6-2-4-7(9-10)5-3-6/h2-5,10H,1H3. The van der Waals surface area contributed by atoms with Gasteiger partial charge in [0.2, 0.25) is 0 Å². The third-order valence-electron chi connectivity index (χ3n) is 1.22. The lowest BCUT2D eigenvalue weighted by Gasteiger charge is -1.97. The maximum atomic E-state index is 8.30. The van der Waals surface area contributed by atoms with Gasteiger partial charge in [0.05, 0.1) is 5.71 Å². The number of rotatable bonds is 0. The minimum Gasteiger partial charge on any atom is -0.410 e. The van der Waals surface area contributed by atoms with E-state index < -0.39 is 0 Å². The van der Waals surface area contributed by atoms with E-state index in [9.17, 15) is 0 Å². The molecule has 0 heterocycles. The second-order valence-electron chi connectivity index (χ2n) is 1.84. The molecule has 10 heavy (non-hydrogen) atoms. The molecule has 3 heteroatoms. The molecule has 3 nitrogen and oxygen atoms in total. The van der Waals surface area contributed by atoms with Gasteiger partial charge in [0.15, 0.2) is 0 Å². The molecule has 1 aliphatic rings. The van der Waals surface area contributed by atoms with Crippen LogP contribution in [0.4, 0.5) is 0 Å². The molecule has 0 aromatic heterocycles. The summed E-state index contributed by atoms with van der Waals surface area (Å²) in [7, 11) is 1.71. The van der Waals surface area contributed by atoms with Crippen LogP contribution in [0.3, 0.4) is 0 Å². The minimum atomic E-state index is 0.549. The van der Waals surface area contributed by atoms with Gasteiger partial charge in [0.25, 0.3) is 0 Å². The third kappa shape index (κ3) is 1.31. The van der Waals surface area contributed by atoms with Crippen molar-refractivity contribution in [1.82, 2.24) is 0 Å². The molecule has 1 rings (SSSR count). The SMILES string of the molecule is CN=C1C=CC(=NO)C=C1. The smallest absolute Gasteiger partial charge is 0.102 e. The Morgan fingerprint density at radius 2 is 1.60 bits per heavy atom. The molecule has 0 bridgehead atoms. The summed E-state index contributed by atoms with van der Waals surface area (Å²) in [6, 6.07) is 0. The Labute approximate surface area is 59.1 Å². The van der Waals surface area contributed by atoms with E-state index in [1.165, 1.54) is 0 Å². The van der Waals surface area contributed by atoms with Gasteiger partial charge in [-0.1, -0.05) is 5.16 Å². The molecule has 0 radical (unpaired) electrons. The molecule has 0 saturated carbocycles. The van der Waals surface area contributed by atoms with E-state index in [-0.39, 0.29) is 0 Å². The predicted octanol–water partition coefficient (Wildman–Crippen LogP) is 1.01. The van der Waals surface area contributed by atoms with Gasteiger partial charge in [-0.2, -0.15) is 0 Å². The van der Waals surface area contributed by atoms with Gasteiger partial charge >= 0.3 is 0 Å². The molecular formula is C7H8N2O. The van der Waals surface area contributed by atoms with E-state index in [2.05, 4.69) is 10.1 Å². The van der Waals surface area contributed by atoms with Gasteiger partial charge in [-0.05, 0) is 24.3 Å². The third-order valence-corrected chi connectivity index (χ3v) is 1.22. The molecule has 0 aromatic carbocycles. The van der Waals surface area contributed by atoms with Crippen LogP contribution in [0, 0.1) is 0 Å². The van der Waals surface area contributed by atoms with Crippen molar-refractivity contribution >= 4 is 11.4 Å². The maximum Gasteiger partial charge on any atom is 0.102 e. The highest BCUT2D eigenvalue weighted by atomic mass is 16.4. The molecule has 0 spiro atoms. The van der Waals surface area contributed by atoms with Crippen molar-refractivity contribution in [3.05, 3.63) is 24.3 Å². The fourth-order valence-electron chi connectivity index (χ4n) is 0.668. The number of hydrogen-bond donors (Lipinski definition) is 1. The number of oxime groups is 1. The summed E-state index contributed by atoms with van der Waals surface area (Å²) in [6.45, 7) is 0. The lowest BCUT2D eigenvalue weighted by molar-refractivity contribution is 0.320. The van der Waals surface area contributed by atoms with Crippen molar-refractivity contribution in [3.63, 3.8) is 0 Å². The van der Waals surface area contributed by atoms with Gasteiger partial charge in [0.1, 0.15) is 5.71 Å². The Bertz CT molecular complexity index is 194. The highest BCUT2D eigenvalue weighted by Gasteiger charge is 1.95. The summed E-state index contributed by atoms with van der Waals surface area (Å²) < 4.78 is 0. The van der Waals surface area contributed by atoms with Crippen molar-refractivity contribution in [3.8, 4) is 0 Å². The van der Waals surface area contributed by atoms with Crippen LogP contribution in [0.15, 0.2) is 34.5 Å². The Morgan fingerprint density at radius 3 is 2.00 bits per heavy atom. The zero-order chi connectivity index (χ0) is 7.40. The number of aliphatic imine (C=N–C) groups is 1. The number of allylic oxidation sites excluding steroid dienone is 4. The molecule has 0 aliphatic heterocycles. The summed E-state index contributed by atoms with van der Waals surface area (Å²) in [6.07, 6.45) is 6.97. The second-order valence-corrected chi connectivity index (χ2v) is 1.84. The second kappa shape index (κ2) is 2.96. The fourth-order valence-corrected chi connectivity index (χ4v) is 0.668. The quantitative estimate of drug-likeness (QED) is 0.301. The zero-order valence-corrected chi connectivity index (χ0v) is 5.65. The molecule has 0 atom stereocenters. The van der Waals surface area contributed by atoms with E-state index in [0.717, 1.165) is 5.71 Å².